The van der Waals surface area contributed by atoms with E-state index in [0.29, 0.717) is 17.7 Å². The summed E-state index contributed by atoms with van der Waals surface area (Å²) in [6, 6.07) is 2.19. The monoisotopic (exact) mass is 284 g/mol. The Balaban J connectivity index is 2.02. The van der Waals surface area contributed by atoms with Crippen LogP contribution in [-0.2, 0) is 0 Å². The van der Waals surface area contributed by atoms with Crippen molar-refractivity contribution in [3.8, 4) is 6.07 Å². The van der Waals surface area contributed by atoms with Gasteiger partial charge in [-0.05, 0) is 26.0 Å². The van der Waals surface area contributed by atoms with Crippen LogP contribution in [0.1, 0.15) is 18.4 Å². The van der Waals surface area contributed by atoms with E-state index >= 15 is 0 Å². The van der Waals surface area contributed by atoms with Crippen molar-refractivity contribution in [2.75, 3.05) is 18.9 Å². The quantitative estimate of drug-likeness (QED) is 0.906. The van der Waals surface area contributed by atoms with Crippen molar-refractivity contribution in [3.05, 3.63) is 24.0 Å². The first-order valence-electron chi connectivity index (χ1n) is 6.29. The van der Waals surface area contributed by atoms with Gasteiger partial charge < -0.3 is 5.32 Å². The lowest BCUT2D eigenvalue weighted by Gasteiger charge is -2.38. The molecule has 0 radical (unpaired) electrons. The van der Waals surface area contributed by atoms with Gasteiger partial charge in [0.1, 0.15) is 12.1 Å². The second-order valence-electron chi connectivity index (χ2n) is 4.95. The maximum Gasteiger partial charge on any atom is 0.404 e. The Hall–Kier alpha value is -1.81. The van der Waals surface area contributed by atoms with Gasteiger partial charge in [-0.25, -0.2) is 0 Å². The molecule has 1 aliphatic heterocycles. The topological polar surface area (TPSA) is 52.0 Å². The summed E-state index contributed by atoms with van der Waals surface area (Å²) in [7, 11) is 1.48. The Morgan fingerprint density at radius 3 is 2.80 bits per heavy atom. The van der Waals surface area contributed by atoms with Crippen molar-refractivity contribution in [2.24, 2.45) is 0 Å². The van der Waals surface area contributed by atoms with Crippen molar-refractivity contribution in [3.63, 3.8) is 0 Å². The molecule has 1 fully saturated rings. The maximum atomic E-state index is 12.8. The van der Waals surface area contributed by atoms with E-state index in [1.807, 2.05) is 6.07 Å². The first-order chi connectivity index (χ1) is 9.41. The number of piperidine rings is 1. The van der Waals surface area contributed by atoms with E-state index in [1.165, 1.54) is 18.1 Å². The molecule has 0 unspecified atom stereocenters. The second-order valence-corrected chi connectivity index (χ2v) is 4.95. The van der Waals surface area contributed by atoms with Gasteiger partial charge in [-0.3, -0.25) is 9.88 Å². The summed E-state index contributed by atoms with van der Waals surface area (Å²) in [5.74, 6) is 0. The predicted octanol–water partition coefficient (Wildman–Crippen LogP) is 2.39. The fraction of sp³-hybridized carbons (Fsp3) is 0.538. The lowest BCUT2D eigenvalue weighted by atomic mass is 9.98. The summed E-state index contributed by atoms with van der Waals surface area (Å²) in [6.07, 6.45) is -0.720. The van der Waals surface area contributed by atoms with Crippen LogP contribution in [-0.4, -0.2) is 41.7 Å². The number of alkyl halides is 3. The minimum Gasteiger partial charge on any atom is -0.380 e. The Labute approximate surface area is 115 Å². The van der Waals surface area contributed by atoms with Gasteiger partial charge in [-0.15, -0.1) is 0 Å². The zero-order valence-corrected chi connectivity index (χ0v) is 11.0. The summed E-state index contributed by atoms with van der Waals surface area (Å²) in [5.41, 5.74) is 1.01. The van der Waals surface area contributed by atoms with Gasteiger partial charge in [-0.2, -0.15) is 18.4 Å². The standard InChI is InChI=1S/C13H15F3N4/c1-20-8-10(2-3-12(20)13(14,15)16)19-11-4-5-18-7-9(11)6-17/h4-5,7,10,12H,2-3,8H2,1H3,(H,18,19)/t10-,12-/m0/s1. The minimum absolute atomic E-state index is 0.0602. The van der Waals surface area contributed by atoms with Crippen molar-refractivity contribution >= 4 is 5.69 Å². The molecular weight excluding hydrogens is 269 g/mol. The number of nitrogens with zero attached hydrogens (tertiary/aromatic N) is 3. The molecular formula is C13H15F3N4. The van der Waals surface area contributed by atoms with Crippen LogP contribution in [0, 0.1) is 11.3 Å². The van der Waals surface area contributed by atoms with E-state index < -0.39 is 12.2 Å². The van der Waals surface area contributed by atoms with E-state index in [9.17, 15) is 13.2 Å². The van der Waals surface area contributed by atoms with Crippen molar-refractivity contribution in [1.82, 2.24) is 9.88 Å². The molecule has 1 aromatic heterocycles. The lowest BCUT2D eigenvalue weighted by molar-refractivity contribution is -0.187. The second kappa shape index (κ2) is 5.67. The zero-order chi connectivity index (χ0) is 14.8. The summed E-state index contributed by atoms with van der Waals surface area (Å²) in [4.78, 5) is 5.16. The molecule has 1 saturated heterocycles. The SMILES string of the molecule is CN1C[C@@H](Nc2ccncc2C#N)CC[C@H]1C(F)(F)F. The third kappa shape index (κ3) is 3.20. The van der Waals surface area contributed by atoms with E-state index in [1.54, 1.807) is 12.3 Å². The fourth-order valence-corrected chi connectivity index (χ4v) is 2.51. The Morgan fingerprint density at radius 1 is 1.45 bits per heavy atom. The largest absolute Gasteiger partial charge is 0.404 e. The number of halogens is 3. The molecule has 0 aliphatic carbocycles. The van der Waals surface area contributed by atoms with Crippen LogP contribution in [0.3, 0.4) is 0 Å². The van der Waals surface area contributed by atoms with Crippen LogP contribution < -0.4 is 5.32 Å². The number of anilines is 1. The molecule has 1 N–H and O–H groups in total. The number of aromatic nitrogens is 1. The number of likely N-dealkylation sites (tertiary alicyclic amines) is 1. The normalized spacial score (nSPS) is 24.1. The van der Waals surface area contributed by atoms with Crippen LogP contribution in [0.15, 0.2) is 18.5 Å². The average Bonchev–Trinajstić information content (AvgIpc) is 2.38. The summed E-state index contributed by atoms with van der Waals surface area (Å²) >= 11 is 0. The Kier molecular flexibility index (Phi) is 4.14. The van der Waals surface area contributed by atoms with E-state index in [-0.39, 0.29) is 19.0 Å². The molecule has 0 saturated carbocycles. The molecule has 4 nitrogen and oxygen atoms in total. The molecule has 2 heterocycles. The first-order valence-corrected chi connectivity index (χ1v) is 6.29. The van der Waals surface area contributed by atoms with Crippen LogP contribution in [0.2, 0.25) is 0 Å². The van der Waals surface area contributed by atoms with Gasteiger partial charge in [0.05, 0.1) is 11.3 Å². The molecule has 0 aromatic carbocycles. The van der Waals surface area contributed by atoms with Crippen LogP contribution in [0.25, 0.3) is 0 Å². The van der Waals surface area contributed by atoms with E-state index in [0.717, 1.165) is 0 Å². The molecule has 0 spiro atoms. The van der Waals surface area contributed by atoms with E-state index in [4.69, 9.17) is 5.26 Å². The smallest absolute Gasteiger partial charge is 0.380 e. The molecule has 108 valence electrons. The highest BCUT2D eigenvalue weighted by Gasteiger charge is 2.44. The van der Waals surface area contributed by atoms with Gasteiger partial charge in [0.2, 0.25) is 0 Å². The van der Waals surface area contributed by atoms with Crippen molar-refractivity contribution in [2.45, 2.75) is 31.1 Å². The zero-order valence-electron chi connectivity index (χ0n) is 11.0. The molecule has 2 atom stereocenters. The fourth-order valence-electron chi connectivity index (χ4n) is 2.51. The Morgan fingerprint density at radius 2 is 2.20 bits per heavy atom. The molecule has 1 aliphatic rings. The molecule has 1 aromatic rings. The number of hydrogen-bond donors (Lipinski definition) is 1. The van der Waals surface area contributed by atoms with Crippen LogP contribution in [0.5, 0.6) is 0 Å². The lowest BCUT2D eigenvalue weighted by Crippen LogP contribution is -2.52. The number of pyridine rings is 1. The highest BCUT2D eigenvalue weighted by molar-refractivity contribution is 5.56. The van der Waals surface area contributed by atoms with Crippen LogP contribution in [0.4, 0.5) is 18.9 Å². The van der Waals surface area contributed by atoms with Gasteiger partial charge in [0.15, 0.2) is 0 Å². The van der Waals surface area contributed by atoms with E-state index in [2.05, 4.69) is 10.3 Å². The molecule has 0 bridgehead atoms. The molecule has 20 heavy (non-hydrogen) atoms. The van der Waals surface area contributed by atoms with Gasteiger partial charge in [-0.1, -0.05) is 0 Å². The van der Waals surface area contributed by atoms with Crippen LogP contribution >= 0.6 is 0 Å². The first kappa shape index (κ1) is 14.6. The highest BCUT2D eigenvalue weighted by Crippen LogP contribution is 2.31. The Bertz CT molecular complexity index is 509. The summed E-state index contributed by atoms with van der Waals surface area (Å²) in [6.45, 7) is 0.289. The number of rotatable bonds is 2. The third-order valence-corrected chi connectivity index (χ3v) is 3.51. The maximum absolute atomic E-state index is 12.8. The predicted molar refractivity (Wildman–Crippen MR) is 68.1 cm³/mol. The summed E-state index contributed by atoms with van der Waals surface area (Å²) < 4.78 is 38.3. The van der Waals surface area contributed by atoms with Gasteiger partial charge >= 0.3 is 6.18 Å². The molecule has 7 heteroatoms. The number of nitrogens with one attached hydrogen (secondary N) is 1. The third-order valence-electron chi connectivity index (χ3n) is 3.51. The van der Waals surface area contributed by atoms with Crippen molar-refractivity contribution < 1.29 is 13.2 Å². The number of nitriles is 1. The molecule has 2 rings (SSSR count). The average molecular weight is 284 g/mol. The van der Waals surface area contributed by atoms with Crippen molar-refractivity contribution in [1.29, 1.82) is 5.26 Å². The van der Waals surface area contributed by atoms with Gasteiger partial charge in [0.25, 0.3) is 0 Å². The number of hydrogen-bond acceptors (Lipinski definition) is 4. The summed E-state index contributed by atoms with van der Waals surface area (Å²) in [5, 5.41) is 12.1. The molecule has 0 amide bonds. The number of likely N-dealkylation sites (N-methyl/N-ethyl adjacent to an activating group) is 1. The highest BCUT2D eigenvalue weighted by atomic mass is 19.4. The minimum atomic E-state index is -4.19. The van der Waals surface area contributed by atoms with Gasteiger partial charge in [0, 0.05) is 25.0 Å².